The largest absolute Gasteiger partial charge is 0.325 e. The van der Waals surface area contributed by atoms with Gasteiger partial charge in [-0.1, -0.05) is 18.2 Å². The molecule has 0 amide bonds. The molecule has 124 valence electrons. The normalized spacial score (nSPS) is 14.2. The number of benzene rings is 2. The van der Waals surface area contributed by atoms with Crippen molar-refractivity contribution in [1.82, 2.24) is 19.6 Å². The number of anilines is 2. The standard InChI is InChI=1S/C19H16IN5/c1-12-22-23-19-21-18(14-6-2-3-9-17(14)25(12)19)24-11-5-7-13-15(20)8-4-10-16(13)24/h2-4,6,8-10H,5,7,11H2,1H3. The van der Waals surface area contributed by atoms with Gasteiger partial charge in [-0.3, -0.25) is 4.40 Å². The van der Waals surface area contributed by atoms with Gasteiger partial charge < -0.3 is 4.90 Å². The SMILES string of the molecule is Cc1nnc2nc(N3CCCc4c(I)cccc43)c3ccccc3n12. The van der Waals surface area contributed by atoms with Crippen LogP contribution in [0.3, 0.4) is 0 Å². The van der Waals surface area contributed by atoms with Crippen molar-refractivity contribution in [3.63, 3.8) is 0 Å². The lowest BCUT2D eigenvalue weighted by molar-refractivity contribution is 0.758. The third-order valence-corrected chi connectivity index (χ3v) is 5.86. The lowest BCUT2D eigenvalue weighted by Crippen LogP contribution is -2.26. The van der Waals surface area contributed by atoms with Crippen molar-refractivity contribution in [2.75, 3.05) is 11.4 Å². The minimum Gasteiger partial charge on any atom is -0.325 e. The number of aryl methyl sites for hydroxylation is 1. The molecule has 5 nitrogen and oxygen atoms in total. The van der Waals surface area contributed by atoms with Crippen LogP contribution >= 0.6 is 22.6 Å². The summed E-state index contributed by atoms with van der Waals surface area (Å²) in [6.45, 7) is 2.93. The van der Waals surface area contributed by atoms with E-state index in [0.29, 0.717) is 5.78 Å². The van der Waals surface area contributed by atoms with Gasteiger partial charge in [0, 0.05) is 21.2 Å². The Hall–Kier alpha value is -2.22. The molecule has 0 spiro atoms. The highest BCUT2D eigenvalue weighted by Crippen LogP contribution is 2.38. The topological polar surface area (TPSA) is 46.3 Å². The number of hydrogen-bond donors (Lipinski definition) is 0. The second-order valence-corrected chi connectivity index (χ2v) is 7.49. The summed E-state index contributed by atoms with van der Waals surface area (Å²) in [5, 5.41) is 9.62. The molecule has 0 saturated carbocycles. The molecule has 0 radical (unpaired) electrons. The maximum absolute atomic E-state index is 4.89. The fraction of sp³-hybridized carbons (Fsp3) is 0.211. The molecule has 0 fully saturated rings. The van der Waals surface area contributed by atoms with Gasteiger partial charge in [-0.05, 0) is 72.2 Å². The Morgan fingerprint density at radius 2 is 1.92 bits per heavy atom. The minimum absolute atomic E-state index is 0.656. The third kappa shape index (κ3) is 2.23. The summed E-state index contributed by atoms with van der Waals surface area (Å²) in [4.78, 5) is 7.23. The summed E-state index contributed by atoms with van der Waals surface area (Å²) in [6.07, 6.45) is 2.25. The van der Waals surface area contributed by atoms with E-state index in [-0.39, 0.29) is 0 Å². The van der Waals surface area contributed by atoms with E-state index in [4.69, 9.17) is 4.98 Å². The van der Waals surface area contributed by atoms with Crippen LogP contribution in [-0.2, 0) is 6.42 Å². The molecule has 6 heteroatoms. The fourth-order valence-corrected chi connectivity index (χ4v) is 4.48. The molecule has 2 aromatic heterocycles. The van der Waals surface area contributed by atoms with Gasteiger partial charge in [0.1, 0.15) is 11.6 Å². The van der Waals surface area contributed by atoms with Crippen molar-refractivity contribution in [1.29, 1.82) is 0 Å². The molecule has 0 bridgehead atoms. The van der Waals surface area contributed by atoms with Crippen molar-refractivity contribution in [2.24, 2.45) is 0 Å². The zero-order valence-corrected chi connectivity index (χ0v) is 15.9. The zero-order valence-electron chi connectivity index (χ0n) is 13.8. The molecular formula is C19H16IN5. The molecule has 0 N–H and O–H groups in total. The van der Waals surface area contributed by atoms with Gasteiger partial charge in [0.25, 0.3) is 5.78 Å². The molecule has 25 heavy (non-hydrogen) atoms. The number of aromatic nitrogens is 4. The van der Waals surface area contributed by atoms with Crippen LogP contribution in [0.4, 0.5) is 11.5 Å². The predicted molar refractivity (Wildman–Crippen MR) is 108 cm³/mol. The van der Waals surface area contributed by atoms with Crippen molar-refractivity contribution >= 4 is 50.8 Å². The maximum Gasteiger partial charge on any atom is 0.257 e. The Morgan fingerprint density at radius 1 is 1.04 bits per heavy atom. The van der Waals surface area contributed by atoms with E-state index in [1.54, 1.807) is 0 Å². The van der Waals surface area contributed by atoms with E-state index in [9.17, 15) is 0 Å². The van der Waals surface area contributed by atoms with Crippen LogP contribution in [-0.4, -0.2) is 26.1 Å². The number of nitrogens with zero attached hydrogens (tertiary/aromatic N) is 5. The number of halogens is 1. The maximum atomic E-state index is 4.89. The molecule has 1 aliphatic rings. The molecule has 5 rings (SSSR count). The smallest absolute Gasteiger partial charge is 0.257 e. The van der Waals surface area contributed by atoms with E-state index in [0.717, 1.165) is 41.9 Å². The molecule has 4 aromatic rings. The monoisotopic (exact) mass is 441 g/mol. The number of hydrogen-bond acceptors (Lipinski definition) is 4. The highest BCUT2D eigenvalue weighted by atomic mass is 127. The van der Waals surface area contributed by atoms with E-state index >= 15 is 0 Å². The molecule has 3 heterocycles. The number of para-hydroxylation sites is 1. The Kier molecular flexibility index (Phi) is 3.41. The van der Waals surface area contributed by atoms with Gasteiger partial charge in [-0.25, -0.2) is 0 Å². The summed E-state index contributed by atoms with van der Waals surface area (Å²) in [7, 11) is 0. The fourth-order valence-electron chi connectivity index (χ4n) is 3.73. The average molecular weight is 441 g/mol. The average Bonchev–Trinajstić information content (AvgIpc) is 3.02. The van der Waals surface area contributed by atoms with Gasteiger partial charge in [-0.15, -0.1) is 10.2 Å². The third-order valence-electron chi connectivity index (χ3n) is 4.85. The summed E-state index contributed by atoms with van der Waals surface area (Å²) >= 11 is 2.43. The van der Waals surface area contributed by atoms with Gasteiger partial charge in [0.15, 0.2) is 0 Å². The first kappa shape index (κ1) is 15.1. The van der Waals surface area contributed by atoms with Crippen LogP contribution in [0.5, 0.6) is 0 Å². The molecule has 1 aliphatic heterocycles. The second kappa shape index (κ2) is 5.66. The summed E-state index contributed by atoms with van der Waals surface area (Å²) in [5.74, 6) is 2.49. The van der Waals surface area contributed by atoms with E-state index in [1.807, 2.05) is 11.3 Å². The Morgan fingerprint density at radius 3 is 2.84 bits per heavy atom. The highest BCUT2D eigenvalue weighted by Gasteiger charge is 2.24. The molecule has 0 saturated heterocycles. The van der Waals surface area contributed by atoms with Crippen LogP contribution in [0.1, 0.15) is 17.8 Å². The first-order valence-electron chi connectivity index (χ1n) is 8.39. The lowest BCUT2D eigenvalue weighted by Gasteiger charge is -2.31. The summed E-state index contributed by atoms with van der Waals surface area (Å²) in [5.41, 5.74) is 3.77. The molecular weight excluding hydrogens is 425 g/mol. The Labute approximate surface area is 158 Å². The van der Waals surface area contributed by atoms with Crippen LogP contribution in [0.15, 0.2) is 42.5 Å². The first-order chi connectivity index (χ1) is 12.2. The van der Waals surface area contributed by atoms with Crippen molar-refractivity contribution in [3.05, 3.63) is 57.4 Å². The quantitative estimate of drug-likeness (QED) is 0.414. The highest BCUT2D eigenvalue weighted by molar-refractivity contribution is 14.1. The molecule has 0 atom stereocenters. The van der Waals surface area contributed by atoms with Crippen LogP contribution in [0, 0.1) is 10.5 Å². The van der Waals surface area contributed by atoms with Crippen LogP contribution in [0.2, 0.25) is 0 Å². The predicted octanol–water partition coefficient (Wildman–Crippen LogP) is 4.27. The van der Waals surface area contributed by atoms with Gasteiger partial charge >= 0.3 is 0 Å². The minimum atomic E-state index is 0.656. The van der Waals surface area contributed by atoms with Gasteiger partial charge in [-0.2, -0.15) is 4.98 Å². The summed E-state index contributed by atoms with van der Waals surface area (Å²) in [6, 6.07) is 14.9. The van der Waals surface area contributed by atoms with Crippen molar-refractivity contribution in [2.45, 2.75) is 19.8 Å². The first-order valence-corrected chi connectivity index (χ1v) is 9.47. The Bertz CT molecular complexity index is 1120. The van der Waals surface area contributed by atoms with Crippen molar-refractivity contribution < 1.29 is 0 Å². The molecule has 0 aliphatic carbocycles. The Balaban J connectivity index is 1.83. The van der Waals surface area contributed by atoms with E-state index < -0.39 is 0 Å². The van der Waals surface area contributed by atoms with Crippen molar-refractivity contribution in [3.8, 4) is 0 Å². The lowest BCUT2D eigenvalue weighted by atomic mass is 10.0. The van der Waals surface area contributed by atoms with E-state index in [1.165, 1.54) is 14.8 Å². The molecule has 0 unspecified atom stereocenters. The zero-order chi connectivity index (χ0) is 17.0. The van der Waals surface area contributed by atoms with Gasteiger partial charge in [0.05, 0.1) is 5.52 Å². The van der Waals surface area contributed by atoms with E-state index in [2.05, 4.69) is 80.2 Å². The number of fused-ring (bicyclic) bond motifs is 4. The molecule has 2 aromatic carbocycles. The van der Waals surface area contributed by atoms with Gasteiger partial charge in [0.2, 0.25) is 0 Å². The van der Waals surface area contributed by atoms with Crippen LogP contribution < -0.4 is 4.90 Å². The summed E-state index contributed by atoms with van der Waals surface area (Å²) < 4.78 is 3.35. The number of rotatable bonds is 1. The second-order valence-electron chi connectivity index (χ2n) is 6.33. The van der Waals surface area contributed by atoms with Crippen LogP contribution in [0.25, 0.3) is 16.7 Å².